The topological polar surface area (TPSA) is 41.1 Å². The molecule has 0 saturated carbocycles. The lowest BCUT2D eigenvalue weighted by molar-refractivity contribution is 0.0940. The number of aryl methyl sites for hydroxylation is 2. The average molecular weight is 340 g/mol. The highest BCUT2D eigenvalue weighted by Crippen LogP contribution is 2.27. The van der Waals surface area contributed by atoms with Crippen LogP contribution in [0.2, 0.25) is 0 Å². The van der Waals surface area contributed by atoms with Crippen LogP contribution in [0, 0.1) is 13.8 Å². The third-order valence-electron chi connectivity index (χ3n) is 4.32. The van der Waals surface area contributed by atoms with E-state index in [-0.39, 0.29) is 11.9 Å². The first-order valence-corrected chi connectivity index (χ1v) is 9.41. The first-order valence-electron chi connectivity index (χ1n) is 8.42. The summed E-state index contributed by atoms with van der Waals surface area (Å²) < 4.78 is 0. The third-order valence-corrected chi connectivity index (χ3v) is 5.55. The minimum atomic E-state index is 0.0299. The molecule has 126 valence electrons. The van der Waals surface area contributed by atoms with Crippen LogP contribution in [-0.4, -0.2) is 25.0 Å². The van der Waals surface area contributed by atoms with Gasteiger partial charge in [0.05, 0.1) is 0 Å². The molecule has 3 nitrogen and oxygen atoms in total. The van der Waals surface area contributed by atoms with Crippen molar-refractivity contribution in [3.8, 4) is 0 Å². The number of hydrogen-bond donors (Lipinski definition) is 2. The second kappa shape index (κ2) is 7.86. The van der Waals surface area contributed by atoms with Crippen LogP contribution in [0.5, 0.6) is 0 Å². The maximum atomic E-state index is 12.4. The molecule has 24 heavy (non-hydrogen) atoms. The van der Waals surface area contributed by atoms with Gasteiger partial charge in [0.2, 0.25) is 0 Å². The second-order valence-corrected chi connectivity index (χ2v) is 7.44. The largest absolute Gasteiger partial charge is 0.348 e. The number of carbonyl (C=O) groups is 1. The van der Waals surface area contributed by atoms with Crippen molar-refractivity contribution in [1.29, 1.82) is 0 Å². The van der Waals surface area contributed by atoms with Gasteiger partial charge in [-0.25, -0.2) is 0 Å². The van der Waals surface area contributed by atoms with Crippen molar-refractivity contribution in [2.24, 2.45) is 0 Å². The third kappa shape index (κ3) is 4.40. The summed E-state index contributed by atoms with van der Waals surface area (Å²) in [6.45, 7) is 6.11. The van der Waals surface area contributed by atoms with Gasteiger partial charge in [0.1, 0.15) is 0 Å². The van der Waals surface area contributed by atoms with Gasteiger partial charge in [-0.2, -0.15) is 0 Å². The van der Waals surface area contributed by atoms with Crippen molar-refractivity contribution in [3.63, 3.8) is 0 Å². The first-order chi connectivity index (χ1) is 11.6. The van der Waals surface area contributed by atoms with E-state index in [0.717, 1.165) is 30.8 Å². The van der Waals surface area contributed by atoms with Gasteiger partial charge in [0.15, 0.2) is 0 Å². The summed E-state index contributed by atoms with van der Waals surface area (Å²) >= 11 is 1.83. The predicted molar refractivity (Wildman–Crippen MR) is 101 cm³/mol. The fourth-order valence-electron chi connectivity index (χ4n) is 2.87. The van der Waals surface area contributed by atoms with Crippen molar-refractivity contribution >= 4 is 17.7 Å². The Balaban J connectivity index is 1.64. The Labute approximate surface area is 148 Å². The molecule has 3 rings (SSSR count). The smallest absolute Gasteiger partial charge is 0.251 e. The van der Waals surface area contributed by atoms with E-state index in [1.807, 2.05) is 30.0 Å². The lowest BCUT2D eigenvalue weighted by atomic mass is 10.1. The van der Waals surface area contributed by atoms with E-state index < -0.39 is 0 Å². The normalized spacial score (nSPS) is 17.0. The number of nitrogens with one attached hydrogen (secondary N) is 2. The zero-order valence-corrected chi connectivity index (χ0v) is 15.1. The molecule has 1 atom stereocenters. The zero-order chi connectivity index (χ0) is 16.9. The average Bonchev–Trinajstić information content (AvgIpc) is 3.09. The first kappa shape index (κ1) is 17.1. The Bertz CT molecular complexity index is 723. The number of thioether (sulfide) groups is 1. The van der Waals surface area contributed by atoms with Crippen LogP contribution < -0.4 is 10.6 Å². The van der Waals surface area contributed by atoms with Crippen molar-refractivity contribution in [3.05, 3.63) is 64.7 Å². The van der Waals surface area contributed by atoms with Crippen LogP contribution in [-0.2, 0) is 5.75 Å². The molecule has 0 radical (unpaired) electrons. The Kier molecular flexibility index (Phi) is 5.59. The van der Waals surface area contributed by atoms with Gasteiger partial charge in [0, 0.05) is 28.8 Å². The monoisotopic (exact) mass is 340 g/mol. The fourth-order valence-corrected chi connectivity index (χ4v) is 3.94. The molecule has 1 saturated heterocycles. The van der Waals surface area contributed by atoms with Crippen LogP contribution in [0.3, 0.4) is 0 Å². The molecular formula is C20H24N2OS. The van der Waals surface area contributed by atoms with E-state index in [0.29, 0.717) is 0 Å². The molecule has 2 aromatic rings. The van der Waals surface area contributed by atoms with Crippen LogP contribution in [0.25, 0.3) is 0 Å². The van der Waals surface area contributed by atoms with Crippen molar-refractivity contribution < 1.29 is 4.79 Å². The van der Waals surface area contributed by atoms with Crippen molar-refractivity contribution in [2.75, 3.05) is 13.1 Å². The highest BCUT2D eigenvalue weighted by Gasteiger charge is 2.17. The molecule has 2 N–H and O–H groups in total. The van der Waals surface area contributed by atoms with Gasteiger partial charge < -0.3 is 10.6 Å². The van der Waals surface area contributed by atoms with E-state index in [1.54, 1.807) is 0 Å². The number of rotatable bonds is 5. The molecule has 1 fully saturated rings. The highest BCUT2D eigenvalue weighted by molar-refractivity contribution is 7.98. The minimum Gasteiger partial charge on any atom is -0.348 e. The Morgan fingerprint density at radius 3 is 2.92 bits per heavy atom. The summed E-state index contributed by atoms with van der Waals surface area (Å²) in [7, 11) is 0. The predicted octanol–water partition coefficient (Wildman–Crippen LogP) is 3.69. The van der Waals surface area contributed by atoms with Crippen LogP contribution in [0.1, 0.15) is 33.5 Å². The molecule has 0 bridgehead atoms. The Morgan fingerprint density at radius 1 is 1.25 bits per heavy atom. The maximum Gasteiger partial charge on any atom is 0.251 e. The van der Waals surface area contributed by atoms with Crippen LogP contribution >= 0.6 is 11.8 Å². The molecule has 1 aliphatic rings. The zero-order valence-electron chi connectivity index (χ0n) is 14.3. The number of carbonyl (C=O) groups excluding carboxylic acids is 1. The molecule has 0 aromatic heterocycles. The summed E-state index contributed by atoms with van der Waals surface area (Å²) in [5.74, 6) is 0.901. The highest BCUT2D eigenvalue weighted by atomic mass is 32.2. The Morgan fingerprint density at radius 2 is 2.12 bits per heavy atom. The minimum absolute atomic E-state index is 0.0299. The molecule has 1 heterocycles. The molecule has 2 aromatic carbocycles. The quantitative estimate of drug-likeness (QED) is 0.816. The van der Waals surface area contributed by atoms with E-state index in [9.17, 15) is 4.79 Å². The molecule has 1 aliphatic heterocycles. The van der Waals surface area contributed by atoms with E-state index in [4.69, 9.17) is 0 Å². The lowest BCUT2D eigenvalue weighted by Gasteiger charge is -2.12. The number of amides is 1. The van der Waals surface area contributed by atoms with Gasteiger partial charge in [-0.1, -0.05) is 29.8 Å². The van der Waals surface area contributed by atoms with Crippen LogP contribution in [0.4, 0.5) is 0 Å². The van der Waals surface area contributed by atoms with Gasteiger partial charge in [0.25, 0.3) is 5.91 Å². The lowest BCUT2D eigenvalue weighted by Crippen LogP contribution is -2.36. The molecule has 1 unspecified atom stereocenters. The van der Waals surface area contributed by atoms with Gasteiger partial charge >= 0.3 is 0 Å². The van der Waals surface area contributed by atoms with Gasteiger partial charge in [-0.05, 0) is 56.1 Å². The molecule has 1 amide bonds. The van der Waals surface area contributed by atoms with Crippen molar-refractivity contribution in [1.82, 2.24) is 10.6 Å². The number of benzene rings is 2. The standard InChI is InChI=1S/C20H24N2OS/c1-14-6-7-15(2)19(10-14)24-13-16-4-3-5-17(11-16)20(23)22-18-8-9-21-12-18/h3-7,10-11,18,21H,8-9,12-13H2,1-2H3,(H,22,23). The summed E-state index contributed by atoms with van der Waals surface area (Å²) in [6, 6.07) is 14.8. The van der Waals surface area contributed by atoms with Gasteiger partial charge in [-0.15, -0.1) is 11.8 Å². The Hall–Kier alpha value is -1.78. The summed E-state index contributed by atoms with van der Waals surface area (Å²) in [5.41, 5.74) is 4.51. The SMILES string of the molecule is Cc1ccc(C)c(SCc2cccc(C(=O)NC3CCNC3)c2)c1. The molecule has 4 heteroatoms. The van der Waals surface area contributed by atoms with Gasteiger partial charge in [-0.3, -0.25) is 4.79 Å². The summed E-state index contributed by atoms with van der Waals surface area (Å²) in [6.07, 6.45) is 1.01. The molecular weight excluding hydrogens is 316 g/mol. The molecule has 0 aliphatic carbocycles. The number of hydrogen-bond acceptors (Lipinski definition) is 3. The van der Waals surface area contributed by atoms with E-state index >= 15 is 0 Å². The van der Waals surface area contributed by atoms with Crippen LogP contribution in [0.15, 0.2) is 47.4 Å². The maximum absolute atomic E-state index is 12.4. The van der Waals surface area contributed by atoms with Crippen molar-refractivity contribution in [2.45, 2.75) is 37.0 Å². The fraction of sp³-hybridized carbons (Fsp3) is 0.350. The van der Waals surface area contributed by atoms with E-state index in [2.05, 4.69) is 48.7 Å². The molecule has 0 spiro atoms. The summed E-state index contributed by atoms with van der Waals surface area (Å²) in [4.78, 5) is 13.7. The summed E-state index contributed by atoms with van der Waals surface area (Å²) in [5, 5.41) is 6.38. The van der Waals surface area contributed by atoms with E-state index in [1.165, 1.54) is 21.6 Å². The second-order valence-electron chi connectivity index (χ2n) is 6.42.